The van der Waals surface area contributed by atoms with Crippen molar-refractivity contribution in [2.75, 3.05) is 47.8 Å². The Morgan fingerprint density at radius 2 is 0.818 bits per heavy atom. The van der Waals surface area contributed by atoms with Crippen LogP contribution in [0.4, 0.5) is 0 Å². The maximum Gasteiger partial charge on any atom is 0.343 e. The minimum absolute atomic E-state index is 0.000241. The second kappa shape index (κ2) is 31.0. The average molecular weight is 1190 g/mol. The number of carbonyl (C=O) groups excluding carboxylic acids is 7. The number of unbranched alkanes of at least 4 members (excludes halogenated alkanes) is 2. The van der Waals surface area contributed by atoms with Crippen molar-refractivity contribution in [1.29, 1.82) is 0 Å². The van der Waals surface area contributed by atoms with Crippen molar-refractivity contribution in [3.05, 3.63) is 211 Å². The summed E-state index contributed by atoms with van der Waals surface area (Å²) in [5, 5.41) is 2.94. The second-order valence-corrected chi connectivity index (χ2v) is 19.0. The van der Waals surface area contributed by atoms with Crippen LogP contribution in [-0.4, -0.2) is 89.9 Å². The molecule has 448 valence electrons. The zero-order valence-electron chi connectivity index (χ0n) is 48.3. The first kappa shape index (κ1) is 62.8. The third kappa shape index (κ3) is 16.5. The lowest BCUT2D eigenvalue weighted by molar-refractivity contribution is -0.138. The number of hydrogen-bond donors (Lipinski definition) is 0. The van der Waals surface area contributed by atoms with Crippen molar-refractivity contribution in [3.8, 4) is 62.9 Å². The maximum absolute atomic E-state index is 14.0. The van der Waals surface area contributed by atoms with Crippen LogP contribution >= 0.6 is 0 Å². The van der Waals surface area contributed by atoms with Crippen molar-refractivity contribution < 1.29 is 85.7 Å². The highest BCUT2D eigenvalue weighted by Crippen LogP contribution is 2.46. The molecule has 0 atom stereocenters. The van der Waals surface area contributed by atoms with Gasteiger partial charge < -0.3 is 52.1 Å². The van der Waals surface area contributed by atoms with Gasteiger partial charge in [0, 0.05) is 35.4 Å². The number of carbonyl (C=O) groups is 7. The summed E-state index contributed by atoms with van der Waals surface area (Å²) in [7, 11) is 4.12. The smallest absolute Gasteiger partial charge is 0.343 e. The van der Waals surface area contributed by atoms with E-state index >= 15 is 0 Å². The van der Waals surface area contributed by atoms with Crippen LogP contribution in [-0.2, 0) is 28.7 Å². The van der Waals surface area contributed by atoms with E-state index in [4.69, 9.17) is 52.1 Å². The van der Waals surface area contributed by atoms with Gasteiger partial charge >= 0.3 is 35.8 Å². The van der Waals surface area contributed by atoms with Crippen LogP contribution in [0.25, 0.3) is 44.8 Å². The highest BCUT2D eigenvalue weighted by Gasteiger charge is 2.24. The van der Waals surface area contributed by atoms with Gasteiger partial charge in [0.15, 0.2) is 29.3 Å². The van der Waals surface area contributed by atoms with Gasteiger partial charge in [-0.15, -0.1) is 0 Å². The van der Waals surface area contributed by atoms with Gasteiger partial charge in [-0.1, -0.05) is 73.8 Å². The summed E-state index contributed by atoms with van der Waals surface area (Å²) < 4.78 is 61.9. The molecule has 0 unspecified atom stereocenters. The molecule has 0 aliphatic heterocycles. The summed E-state index contributed by atoms with van der Waals surface area (Å²) in [6.07, 6.45) is 10.4. The molecule has 0 radical (unpaired) electrons. The Morgan fingerprint density at radius 1 is 0.420 bits per heavy atom. The van der Waals surface area contributed by atoms with E-state index in [9.17, 15) is 33.6 Å². The number of hydrogen-bond acceptors (Lipinski definition) is 18. The highest BCUT2D eigenvalue weighted by atomic mass is 16.6. The van der Waals surface area contributed by atoms with Crippen molar-refractivity contribution in [3.63, 3.8) is 0 Å². The van der Waals surface area contributed by atoms with Crippen molar-refractivity contribution in [2.45, 2.75) is 25.7 Å². The van der Waals surface area contributed by atoms with Crippen LogP contribution in [0, 0.1) is 0 Å². The van der Waals surface area contributed by atoms with Crippen molar-refractivity contribution in [1.82, 2.24) is 0 Å². The predicted octanol–water partition coefficient (Wildman–Crippen LogP) is 13.0. The van der Waals surface area contributed by atoms with Gasteiger partial charge in [-0.3, -0.25) is 4.79 Å². The van der Waals surface area contributed by atoms with Gasteiger partial charge in [0.05, 0.1) is 64.4 Å². The maximum atomic E-state index is 14.0. The first-order valence-corrected chi connectivity index (χ1v) is 27.6. The molecule has 88 heavy (non-hydrogen) atoms. The monoisotopic (exact) mass is 1190 g/mol. The molecular formula is C70H60O18. The summed E-state index contributed by atoms with van der Waals surface area (Å²) in [6.45, 7) is 7.94. The van der Waals surface area contributed by atoms with Crippen LogP contribution in [0.2, 0.25) is 0 Å². The van der Waals surface area contributed by atoms with Gasteiger partial charge in [-0.2, -0.15) is 0 Å². The molecule has 0 N–H and O–H groups in total. The van der Waals surface area contributed by atoms with Crippen LogP contribution < -0.4 is 42.6 Å². The van der Waals surface area contributed by atoms with E-state index in [0.29, 0.717) is 89.7 Å². The molecule has 0 bridgehead atoms. The number of benzene rings is 8. The van der Waals surface area contributed by atoms with Gasteiger partial charge in [0.1, 0.15) is 23.0 Å². The zero-order valence-corrected chi connectivity index (χ0v) is 48.3. The first-order valence-electron chi connectivity index (χ1n) is 27.6. The van der Waals surface area contributed by atoms with E-state index in [1.165, 1.54) is 69.9 Å². The molecule has 0 spiro atoms. The van der Waals surface area contributed by atoms with E-state index in [2.05, 4.69) is 13.2 Å². The Morgan fingerprint density at radius 3 is 1.24 bits per heavy atom. The summed E-state index contributed by atoms with van der Waals surface area (Å²) in [4.78, 5) is 89.5. The average Bonchev–Trinajstić information content (AvgIpc) is 1.10. The number of methoxy groups -OCH3 is 3. The third-order valence-corrected chi connectivity index (χ3v) is 13.2. The van der Waals surface area contributed by atoms with Crippen LogP contribution in [0.3, 0.4) is 0 Å². The molecule has 18 nitrogen and oxygen atoms in total. The molecule has 0 amide bonds. The number of esters is 6. The SMILES string of the molecule is C=CC(=O)OCCCCOc1ccc(C(=O)Oc2c(C=O)cc(/C=C/C(=O)Oc3ccc4ccccc4c3-c3c(OC(=O)/C=C/c4cc(OC)c(OC(=O)c5ccc(OCCCCOC(=O)C=C)cc5)c(OC)c4)ccc4ccccc34)cc2OC)cc1. The van der Waals surface area contributed by atoms with E-state index in [1.807, 2.05) is 48.5 Å². The van der Waals surface area contributed by atoms with Crippen molar-refractivity contribution in [2.24, 2.45) is 0 Å². The van der Waals surface area contributed by atoms with Gasteiger partial charge in [-0.25, -0.2) is 28.8 Å². The van der Waals surface area contributed by atoms with E-state index in [1.54, 1.807) is 72.8 Å². The Kier molecular flexibility index (Phi) is 22.1. The van der Waals surface area contributed by atoms with E-state index < -0.39 is 35.8 Å². The van der Waals surface area contributed by atoms with Gasteiger partial charge in [0.25, 0.3) is 0 Å². The molecule has 0 aliphatic rings. The minimum Gasteiger partial charge on any atom is -0.494 e. The summed E-state index contributed by atoms with van der Waals surface area (Å²) >= 11 is 0. The van der Waals surface area contributed by atoms with Gasteiger partial charge in [-0.05, 0) is 155 Å². The summed E-state index contributed by atoms with van der Waals surface area (Å²) in [5.74, 6) is -2.55. The molecule has 0 aliphatic carbocycles. The molecule has 0 aromatic heterocycles. The highest BCUT2D eigenvalue weighted by molar-refractivity contribution is 6.11. The third-order valence-electron chi connectivity index (χ3n) is 13.2. The number of fused-ring (bicyclic) bond motifs is 2. The largest absolute Gasteiger partial charge is 0.494 e. The molecule has 18 heteroatoms. The first-order chi connectivity index (χ1) is 42.8. The fraction of sp³-hybridized carbons (Fsp3) is 0.157. The van der Waals surface area contributed by atoms with Crippen LogP contribution in [0.5, 0.6) is 51.7 Å². The zero-order chi connectivity index (χ0) is 62.4. The fourth-order valence-electron chi connectivity index (χ4n) is 8.92. The van der Waals surface area contributed by atoms with Crippen LogP contribution in [0.1, 0.15) is 67.9 Å². The quantitative estimate of drug-likeness (QED) is 0.0140. The topological polar surface area (TPSA) is 221 Å². The minimum atomic E-state index is -0.802. The summed E-state index contributed by atoms with van der Waals surface area (Å²) in [6, 6.07) is 40.5. The number of ether oxygens (including phenoxy) is 11. The second-order valence-electron chi connectivity index (χ2n) is 19.0. The van der Waals surface area contributed by atoms with Gasteiger partial charge in [0.2, 0.25) is 5.75 Å². The molecule has 0 saturated heterocycles. The Balaban J connectivity index is 0.970. The normalized spacial score (nSPS) is 10.9. The number of aldehydes is 1. The molecular weight excluding hydrogens is 1130 g/mol. The lowest BCUT2D eigenvalue weighted by atomic mass is 9.92. The molecule has 0 fully saturated rings. The Hall–Kier alpha value is -11.3. The van der Waals surface area contributed by atoms with E-state index in [-0.39, 0.29) is 70.2 Å². The molecule has 0 saturated carbocycles. The lowest BCUT2D eigenvalue weighted by Crippen LogP contribution is -2.11. The standard InChI is InChI=1S/C70H60O18/c1-6-61(72)83-38-14-12-36-81-52-28-22-49(23-29-52)69(76)87-67-51(44-71)40-45(41-58(67)78-3)20-34-63(74)85-56-32-26-47-16-8-10-18-54(47)65(56)66-55-19-11-9-17-48(55)27-33-57(66)86-64(75)35-21-46-42-59(79-4)68(60(43-46)80-5)88-70(77)50-24-30-53(31-25-50)82-37-13-15-39-84-62(73)7-2/h6-11,16-35,40-44H,1-2,12-15,36-39H2,3-5H3/b34-20+,35-21+. The Bertz CT molecular complexity index is 3930. The molecule has 8 rings (SSSR count). The Labute approximate surface area is 506 Å². The van der Waals surface area contributed by atoms with Crippen molar-refractivity contribution >= 4 is 75.8 Å². The van der Waals surface area contributed by atoms with E-state index in [0.717, 1.165) is 22.9 Å². The molecule has 8 aromatic rings. The number of rotatable bonds is 29. The van der Waals surface area contributed by atoms with Crippen LogP contribution in [0.15, 0.2) is 183 Å². The fourth-order valence-corrected chi connectivity index (χ4v) is 8.92. The predicted molar refractivity (Wildman–Crippen MR) is 329 cm³/mol. The lowest BCUT2D eigenvalue weighted by Gasteiger charge is -2.18. The summed E-state index contributed by atoms with van der Waals surface area (Å²) in [5.41, 5.74) is 2.02. The molecule has 0 heterocycles. The molecule has 8 aromatic carbocycles.